The molecule has 1 amide bonds. The minimum Gasteiger partial charge on any atom is -0.497 e. The second-order valence-electron chi connectivity index (χ2n) is 7.60. The van der Waals surface area contributed by atoms with E-state index in [1.807, 2.05) is 54.6 Å². The van der Waals surface area contributed by atoms with E-state index in [-0.39, 0.29) is 18.6 Å². The SMILES string of the molecule is COc1ccc(C(CNC(=O)COc2cccc3ccccc23)N2CCCC2)cc1. The van der Waals surface area contributed by atoms with E-state index in [2.05, 4.69) is 22.3 Å². The zero-order valence-corrected chi connectivity index (χ0v) is 17.3. The van der Waals surface area contributed by atoms with Gasteiger partial charge in [0.25, 0.3) is 5.91 Å². The van der Waals surface area contributed by atoms with Gasteiger partial charge in [-0.2, -0.15) is 0 Å². The molecule has 5 heteroatoms. The van der Waals surface area contributed by atoms with Crippen LogP contribution in [-0.2, 0) is 4.79 Å². The topological polar surface area (TPSA) is 50.8 Å². The first kappa shape index (κ1) is 20.2. The molecule has 0 saturated carbocycles. The van der Waals surface area contributed by atoms with Gasteiger partial charge in [0.2, 0.25) is 0 Å². The lowest BCUT2D eigenvalue weighted by molar-refractivity contribution is -0.123. The molecule has 1 N–H and O–H groups in total. The van der Waals surface area contributed by atoms with Gasteiger partial charge in [0.15, 0.2) is 6.61 Å². The van der Waals surface area contributed by atoms with E-state index in [4.69, 9.17) is 9.47 Å². The minimum atomic E-state index is -0.111. The number of ether oxygens (including phenoxy) is 2. The molecule has 1 unspecified atom stereocenters. The van der Waals surface area contributed by atoms with Crippen molar-refractivity contribution in [2.24, 2.45) is 0 Å². The molecule has 5 nitrogen and oxygen atoms in total. The molecule has 1 fully saturated rings. The molecule has 1 atom stereocenters. The van der Waals surface area contributed by atoms with Crippen LogP contribution in [0.2, 0.25) is 0 Å². The third-order valence-corrected chi connectivity index (χ3v) is 5.68. The average Bonchev–Trinajstić information content (AvgIpc) is 3.33. The molecule has 4 rings (SSSR count). The van der Waals surface area contributed by atoms with Gasteiger partial charge in [0.1, 0.15) is 11.5 Å². The Hall–Kier alpha value is -3.05. The van der Waals surface area contributed by atoms with Crippen molar-refractivity contribution in [3.63, 3.8) is 0 Å². The van der Waals surface area contributed by atoms with Crippen molar-refractivity contribution in [2.75, 3.05) is 33.4 Å². The predicted molar refractivity (Wildman–Crippen MR) is 119 cm³/mol. The highest BCUT2D eigenvalue weighted by molar-refractivity contribution is 5.88. The van der Waals surface area contributed by atoms with Gasteiger partial charge >= 0.3 is 0 Å². The molecule has 1 heterocycles. The number of methoxy groups -OCH3 is 1. The van der Waals surface area contributed by atoms with Crippen LogP contribution in [0, 0.1) is 0 Å². The Morgan fingerprint density at radius 2 is 1.73 bits per heavy atom. The average molecular weight is 405 g/mol. The summed E-state index contributed by atoms with van der Waals surface area (Å²) in [6, 6.07) is 22.2. The molecule has 156 valence electrons. The number of nitrogens with one attached hydrogen (secondary N) is 1. The van der Waals surface area contributed by atoms with Gasteiger partial charge in [-0.15, -0.1) is 0 Å². The van der Waals surface area contributed by atoms with E-state index in [9.17, 15) is 4.79 Å². The molecule has 1 aliphatic rings. The fraction of sp³-hybridized carbons (Fsp3) is 0.320. The standard InChI is InChI=1S/C25H28N2O3/c1-29-21-13-11-20(12-14-21)23(27-15-4-5-16-27)17-26-25(28)18-30-24-10-6-8-19-7-2-3-9-22(19)24/h2-3,6-14,23H,4-5,15-18H2,1H3,(H,26,28). The molecular weight excluding hydrogens is 376 g/mol. The van der Waals surface area contributed by atoms with E-state index in [1.54, 1.807) is 7.11 Å². The Bertz CT molecular complexity index is 976. The normalized spacial score (nSPS) is 15.1. The summed E-state index contributed by atoms with van der Waals surface area (Å²) >= 11 is 0. The second-order valence-corrected chi connectivity index (χ2v) is 7.60. The third kappa shape index (κ3) is 4.74. The molecule has 3 aromatic carbocycles. The van der Waals surface area contributed by atoms with Gasteiger partial charge in [0, 0.05) is 11.9 Å². The highest BCUT2D eigenvalue weighted by Crippen LogP contribution is 2.27. The number of carbonyl (C=O) groups is 1. The van der Waals surface area contributed by atoms with Gasteiger partial charge in [-0.25, -0.2) is 0 Å². The second kappa shape index (κ2) is 9.63. The van der Waals surface area contributed by atoms with Crippen molar-refractivity contribution in [1.29, 1.82) is 0 Å². The molecule has 30 heavy (non-hydrogen) atoms. The number of hydrogen-bond donors (Lipinski definition) is 1. The van der Waals surface area contributed by atoms with Gasteiger partial charge in [-0.05, 0) is 55.1 Å². The van der Waals surface area contributed by atoms with Crippen LogP contribution in [-0.4, -0.2) is 44.2 Å². The first-order valence-corrected chi connectivity index (χ1v) is 10.5. The maximum atomic E-state index is 12.5. The summed E-state index contributed by atoms with van der Waals surface area (Å²) in [5.74, 6) is 1.46. The lowest BCUT2D eigenvalue weighted by Gasteiger charge is -2.28. The number of carbonyl (C=O) groups excluding carboxylic acids is 1. The van der Waals surface area contributed by atoms with Gasteiger partial charge < -0.3 is 14.8 Å². The van der Waals surface area contributed by atoms with Crippen LogP contribution in [0.1, 0.15) is 24.4 Å². The van der Waals surface area contributed by atoms with Gasteiger partial charge in [0.05, 0.1) is 13.2 Å². The quantitative estimate of drug-likeness (QED) is 0.612. The Morgan fingerprint density at radius 3 is 2.50 bits per heavy atom. The van der Waals surface area contributed by atoms with Crippen molar-refractivity contribution < 1.29 is 14.3 Å². The number of likely N-dealkylation sites (tertiary alicyclic amines) is 1. The summed E-state index contributed by atoms with van der Waals surface area (Å²) in [6.45, 7) is 2.67. The zero-order valence-electron chi connectivity index (χ0n) is 17.3. The fourth-order valence-electron chi connectivity index (χ4n) is 4.06. The summed E-state index contributed by atoms with van der Waals surface area (Å²) in [4.78, 5) is 15.0. The Balaban J connectivity index is 1.38. The van der Waals surface area contributed by atoms with E-state index in [0.29, 0.717) is 6.54 Å². The molecular formula is C25H28N2O3. The number of benzene rings is 3. The van der Waals surface area contributed by atoms with Crippen LogP contribution in [0.5, 0.6) is 11.5 Å². The molecule has 0 radical (unpaired) electrons. The van der Waals surface area contributed by atoms with Crippen LogP contribution in [0.15, 0.2) is 66.7 Å². The highest BCUT2D eigenvalue weighted by atomic mass is 16.5. The maximum absolute atomic E-state index is 12.5. The molecule has 1 aliphatic heterocycles. The summed E-state index contributed by atoms with van der Waals surface area (Å²) in [5.41, 5.74) is 1.19. The van der Waals surface area contributed by atoms with E-state index in [1.165, 1.54) is 18.4 Å². The molecule has 3 aromatic rings. The largest absolute Gasteiger partial charge is 0.497 e. The monoisotopic (exact) mass is 404 g/mol. The highest BCUT2D eigenvalue weighted by Gasteiger charge is 2.24. The van der Waals surface area contributed by atoms with Gasteiger partial charge in [-0.3, -0.25) is 9.69 Å². The van der Waals surface area contributed by atoms with Crippen molar-refractivity contribution in [3.05, 3.63) is 72.3 Å². The Morgan fingerprint density at radius 1 is 1.00 bits per heavy atom. The number of hydrogen-bond acceptors (Lipinski definition) is 4. The number of amides is 1. The smallest absolute Gasteiger partial charge is 0.258 e. The lowest BCUT2D eigenvalue weighted by atomic mass is 10.1. The van der Waals surface area contributed by atoms with E-state index < -0.39 is 0 Å². The predicted octanol–water partition coefficient (Wildman–Crippen LogP) is 4.18. The van der Waals surface area contributed by atoms with Crippen molar-refractivity contribution >= 4 is 16.7 Å². The first-order chi connectivity index (χ1) is 14.7. The zero-order chi connectivity index (χ0) is 20.8. The molecule has 0 aliphatic carbocycles. The van der Waals surface area contributed by atoms with Crippen molar-refractivity contribution in [1.82, 2.24) is 10.2 Å². The Labute approximate surface area is 177 Å². The fourth-order valence-corrected chi connectivity index (χ4v) is 4.06. The summed E-state index contributed by atoms with van der Waals surface area (Å²) < 4.78 is 11.1. The first-order valence-electron chi connectivity index (χ1n) is 10.5. The molecule has 0 aromatic heterocycles. The molecule has 0 spiro atoms. The van der Waals surface area contributed by atoms with Crippen LogP contribution >= 0.6 is 0 Å². The summed E-state index contributed by atoms with van der Waals surface area (Å²) in [6.07, 6.45) is 2.40. The van der Waals surface area contributed by atoms with Crippen molar-refractivity contribution in [3.8, 4) is 11.5 Å². The number of rotatable bonds is 8. The van der Waals surface area contributed by atoms with Gasteiger partial charge in [-0.1, -0.05) is 48.5 Å². The van der Waals surface area contributed by atoms with E-state index in [0.717, 1.165) is 35.4 Å². The van der Waals surface area contributed by atoms with Crippen LogP contribution in [0.3, 0.4) is 0 Å². The third-order valence-electron chi connectivity index (χ3n) is 5.68. The van der Waals surface area contributed by atoms with Crippen LogP contribution in [0.25, 0.3) is 10.8 Å². The van der Waals surface area contributed by atoms with Crippen molar-refractivity contribution in [2.45, 2.75) is 18.9 Å². The lowest BCUT2D eigenvalue weighted by Crippen LogP contribution is -2.38. The van der Waals surface area contributed by atoms with Crippen LogP contribution in [0.4, 0.5) is 0 Å². The molecule has 1 saturated heterocycles. The van der Waals surface area contributed by atoms with E-state index >= 15 is 0 Å². The maximum Gasteiger partial charge on any atom is 0.258 e. The summed E-state index contributed by atoms with van der Waals surface area (Å²) in [5, 5.41) is 5.18. The summed E-state index contributed by atoms with van der Waals surface area (Å²) in [7, 11) is 1.67. The number of nitrogens with zero attached hydrogens (tertiary/aromatic N) is 1. The number of fused-ring (bicyclic) bond motifs is 1. The molecule has 0 bridgehead atoms. The van der Waals surface area contributed by atoms with Crippen LogP contribution < -0.4 is 14.8 Å². The minimum absolute atomic E-state index is 0.00331. The Kier molecular flexibility index (Phi) is 6.50.